The molecule has 4 aromatic rings. The van der Waals surface area contributed by atoms with Crippen LogP contribution in [0.25, 0.3) is 20.8 Å². The number of amides is 1. The van der Waals surface area contributed by atoms with Crippen LogP contribution in [0.3, 0.4) is 0 Å². The minimum Gasteiger partial charge on any atom is -0.302 e. The van der Waals surface area contributed by atoms with Gasteiger partial charge in [-0.2, -0.15) is 11.3 Å². The highest BCUT2D eigenvalue weighted by Crippen LogP contribution is 2.28. The quantitative estimate of drug-likeness (QED) is 0.534. The average molecular weight is 393 g/mol. The molecule has 3 aromatic heterocycles. The Bertz CT molecular complexity index is 1020. The van der Waals surface area contributed by atoms with E-state index in [0.29, 0.717) is 21.0 Å². The summed E-state index contributed by atoms with van der Waals surface area (Å²) in [5, 5.41) is 9.65. The number of anilines is 1. The lowest BCUT2D eigenvalue weighted by Gasteiger charge is -1.98. The number of carbonyl (C=O) groups excluding carboxylic acids is 1. The largest absolute Gasteiger partial charge is 0.302 e. The first-order valence-electron chi connectivity index (χ1n) is 7.11. The summed E-state index contributed by atoms with van der Waals surface area (Å²) in [7, 11) is 0. The van der Waals surface area contributed by atoms with Gasteiger partial charge in [0.15, 0.2) is 16.8 Å². The van der Waals surface area contributed by atoms with Crippen LogP contribution in [0.4, 0.5) is 13.9 Å². The highest BCUT2D eigenvalue weighted by molar-refractivity contribution is 7.22. The normalized spacial score (nSPS) is 11.1. The molecule has 0 aliphatic heterocycles. The third kappa shape index (κ3) is 3.44. The Hall–Kier alpha value is -2.23. The van der Waals surface area contributed by atoms with Gasteiger partial charge in [-0.05, 0) is 17.5 Å². The van der Waals surface area contributed by atoms with E-state index in [1.165, 1.54) is 11.3 Å². The van der Waals surface area contributed by atoms with Crippen molar-refractivity contribution in [2.45, 2.75) is 6.42 Å². The minimum atomic E-state index is -0.959. The van der Waals surface area contributed by atoms with Gasteiger partial charge in [0.1, 0.15) is 5.01 Å². The first kappa shape index (κ1) is 16.2. The van der Waals surface area contributed by atoms with Crippen LogP contribution < -0.4 is 5.32 Å². The number of thiazole rings is 2. The number of halogens is 2. The molecule has 25 heavy (non-hydrogen) atoms. The zero-order valence-electron chi connectivity index (χ0n) is 12.5. The van der Waals surface area contributed by atoms with Crippen molar-refractivity contribution in [3.63, 3.8) is 0 Å². The number of hydrogen-bond acceptors (Lipinski definition) is 6. The van der Waals surface area contributed by atoms with Gasteiger partial charge in [-0.1, -0.05) is 11.3 Å². The molecule has 4 nitrogen and oxygen atoms in total. The summed E-state index contributed by atoms with van der Waals surface area (Å²) < 4.78 is 26.9. The third-order valence-corrected chi connectivity index (χ3v) is 5.90. The third-order valence-electron chi connectivity index (χ3n) is 3.34. The van der Waals surface area contributed by atoms with E-state index in [1.807, 2.05) is 22.2 Å². The number of hydrogen-bond donors (Lipinski definition) is 1. The summed E-state index contributed by atoms with van der Waals surface area (Å²) in [4.78, 5) is 20.7. The molecule has 0 radical (unpaired) electrons. The van der Waals surface area contributed by atoms with Gasteiger partial charge in [-0.15, -0.1) is 11.3 Å². The molecule has 126 valence electrons. The van der Waals surface area contributed by atoms with Crippen LogP contribution in [0.1, 0.15) is 5.69 Å². The van der Waals surface area contributed by atoms with E-state index in [-0.39, 0.29) is 12.3 Å². The number of thiophene rings is 1. The summed E-state index contributed by atoms with van der Waals surface area (Å²) in [5.74, 6) is -2.17. The first-order valence-corrected chi connectivity index (χ1v) is 9.75. The molecule has 0 fully saturated rings. The van der Waals surface area contributed by atoms with E-state index in [1.54, 1.807) is 11.3 Å². The second-order valence-corrected chi connectivity index (χ2v) is 7.80. The lowest BCUT2D eigenvalue weighted by molar-refractivity contribution is -0.115. The second-order valence-electron chi connectivity index (χ2n) is 5.13. The van der Waals surface area contributed by atoms with Crippen molar-refractivity contribution in [1.82, 2.24) is 9.97 Å². The minimum absolute atomic E-state index is 0.110. The van der Waals surface area contributed by atoms with Gasteiger partial charge in [0.25, 0.3) is 0 Å². The van der Waals surface area contributed by atoms with Crippen molar-refractivity contribution in [3.05, 3.63) is 51.7 Å². The Morgan fingerprint density at radius 1 is 1.16 bits per heavy atom. The molecule has 1 aromatic carbocycles. The molecule has 0 saturated heterocycles. The molecule has 0 aliphatic rings. The molecule has 1 N–H and O–H groups in total. The molecule has 4 rings (SSSR count). The molecule has 0 saturated carbocycles. The van der Waals surface area contributed by atoms with Gasteiger partial charge in [0, 0.05) is 22.4 Å². The Balaban J connectivity index is 1.47. The van der Waals surface area contributed by atoms with E-state index >= 15 is 0 Å². The first-order chi connectivity index (χ1) is 12.1. The molecule has 0 atom stereocenters. The maximum Gasteiger partial charge on any atom is 0.232 e. The van der Waals surface area contributed by atoms with Crippen LogP contribution in [0.2, 0.25) is 0 Å². The molecular formula is C16H9F2N3OS3. The van der Waals surface area contributed by atoms with Crippen LogP contribution >= 0.6 is 34.0 Å². The summed E-state index contributed by atoms with van der Waals surface area (Å²) in [6.45, 7) is 0. The lowest BCUT2D eigenvalue weighted by atomic mass is 10.3. The van der Waals surface area contributed by atoms with Crippen LogP contribution in [-0.4, -0.2) is 15.9 Å². The number of fused-ring (bicyclic) bond motifs is 1. The summed E-state index contributed by atoms with van der Waals surface area (Å²) in [6.07, 6.45) is 0.110. The second kappa shape index (κ2) is 6.58. The maximum atomic E-state index is 13.2. The predicted molar refractivity (Wildman–Crippen MR) is 97.3 cm³/mol. The lowest BCUT2D eigenvalue weighted by Crippen LogP contribution is -2.14. The molecule has 0 aliphatic carbocycles. The van der Waals surface area contributed by atoms with Crippen LogP contribution in [0, 0.1) is 11.6 Å². The Labute approximate surface area is 152 Å². The Kier molecular flexibility index (Phi) is 4.28. The van der Waals surface area contributed by atoms with Gasteiger partial charge >= 0.3 is 0 Å². The predicted octanol–water partition coefficient (Wildman–Crippen LogP) is 4.94. The van der Waals surface area contributed by atoms with Crippen molar-refractivity contribution < 1.29 is 13.6 Å². The Morgan fingerprint density at radius 2 is 2.00 bits per heavy atom. The molecule has 1 amide bonds. The number of aromatic nitrogens is 2. The van der Waals surface area contributed by atoms with Crippen LogP contribution in [0.5, 0.6) is 0 Å². The number of nitrogens with zero attached hydrogens (tertiary/aromatic N) is 2. The number of rotatable bonds is 4. The highest BCUT2D eigenvalue weighted by Gasteiger charge is 2.13. The fourth-order valence-electron chi connectivity index (χ4n) is 2.21. The fraction of sp³-hybridized carbons (Fsp3) is 0.0625. The monoisotopic (exact) mass is 393 g/mol. The summed E-state index contributed by atoms with van der Waals surface area (Å²) >= 11 is 4.17. The van der Waals surface area contributed by atoms with E-state index in [9.17, 15) is 13.6 Å². The van der Waals surface area contributed by atoms with Crippen molar-refractivity contribution >= 4 is 55.3 Å². The van der Waals surface area contributed by atoms with E-state index in [0.717, 1.165) is 34.0 Å². The van der Waals surface area contributed by atoms with Gasteiger partial charge in [0.05, 0.1) is 22.3 Å². The van der Waals surface area contributed by atoms with Crippen LogP contribution in [0.15, 0.2) is 34.3 Å². The van der Waals surface area contributed by atoms with Crippen molar-refractivity contribution in [3.8, 4) is 10.6 Å². The highest BCUT2D eigenvalue weighted by atomic mass is 32.1. The molecule has 0 unspecified atom stereocenters. The van der Waals surface area contributed by atoms with Gasteiger partial charge in [-0.25, -0.2) is 18.7 Å². The number of carbonyl (C=O) groups is 1. The van der Waals surface area contributed by atoms with Crippen molar-refractivity contribution in [1.29, 1.82) is 0 Å². The molecule has 3 heterocycles. The van der Waals surface area contributed by atoms with Gasteiger partial charge < -0.3 is 5.32 Å². The van der Waals surface area contributed by atoms with Gasteiger partial charge in [-0.3, -0.25) is 4.79 Å². The standard InChI is InChI=1S/C16H9F2N3OS3/c17-10-4-12-13(5-11(10)18)25-16(20-12)21-14(22)3-9-7-24-15(19-9)8-1-2-23-6-8/h1-2,4-7H,3H2,(H,20,21,22). The molecular weight excluding hydrogens is 384 g/mol. The number of nitrogens with one attached hydrogen (secondary N) is 1. The van der Waals surface area contributed by atoms with E-state index in [2.05, 4.69) is 15.3 Å². The zero-order chi connectivity index (χ0) is 17.4. The Morgan fingerprint density at radius 3 is 2.80 bits per heavy atom. The van der Waals surface area contributed by atoms with Crippen molar-refractivity contribution in [2.24, 2.45) is 0 Å². The summed E-state index contributed by atoms with van der Waals surface area (Å²) in [6, 6.07) is 4.07. The van der Waals surface area contributed by atoms with E-state index in [4.69, 9.17) is 0 Å². The van der Waals surface area contributed by atoms with E-state index < -0.39 is 11.6 Å². The topological polar surface area (TPSA) is 54.9 Å². The average Bonchev–Trinajstić information content (AvgIpc) is 3.28. The molecule has 0 bridgehead atoms. The molecule has 0 spiro atoms. The smallest absolute Gasteiger partial charge is 0.232 e. The fourth-order valence-corrected chi connectivity index (χ4v) is 4.63. The molecule has 9 heteroatoms. The van der Waals surface area contributed by atoms with Crippen molar-refractivity contribution in [2.75, 3.05) is 5.32 Å². The zero-order valence-corrected chi connectivity index (χ0v) is 14.9. The van der Waals surface area contributed by atoms with Gasteiger partial charge in [0.2, 0.25) is 5.91 Å². The number of benzene rings is 1. The SMILES string of the molecule is O=C(Cc1csc(-c2ccsc2)n1)Nc1nc2cc(F)c(F)cc2s1. The maximum absolute atomic E-state index is 13.2. The summed E-state index contributed by atoms with van der Waals surface area (Å²) in [5.41, 5.74) is 2.02. The van der Waals surface area contributed by atoms with Crippen LogP contribution in [-0.2, 0) is 11.2 Å².